The summed E-state index contributed by atoms with van der Waals surface area (Å²) < 4.78 is 5.15. The van der Waals surface area contributed by atoms with Crippen molar-refractivity contribution >= 4 is 11.8 Å². The first-order chi connectivity index (χ1) is 7.20. The van der Waals surface area contributed by atoms with E-state index in [1.165, 1.54) is 0 Å². The molecule has 0 aromatic carbocycles. The fourth-order valence-corrected chi connectivity index (χ4v) is 2.60. The number of hydrogen-bond donors (Lipinski definition) is 1. The van der Waals surface area contributed by atoms with Crippen LogP contribution in [0.4, 0.5) is 0 Å². The van der Waals surface area contributed by atoms with E-state index in [0.29, 0.717) is 6.42 Å². The second kappa shape index (κ2) is 4.37. The van der Waals surface area contributed by atoms with Gasteiger partial charge in [-0.2, -0.15) is 11.8 Å². The third-order valence-electron chi connectivity index (χ3n) is 2.52. The first kappa shape index (κ1) is 10.7. The molecule has 0 saturated heterocycles. The second-order valence-corrected chi connectivity index (χ2v) is 4.67. The fourth-order valence-electron chi connectivity index (χ4n) is 1.57. The third-order valence-corrected chi connectivity index (χ3v) is 3.49. The van der Waals surface area contributed by atoms with Crippen molar-refractivity contribution in [2.24, 2.45) is 0 Å². The Morgan fingerprint density at radius 2 is 2.40 bits per heavy atom. The van der Waals surface area contributed by atoms with Gasteiger partial charge in [-0.25, -0.2) is 4.98 Å². The molecule has 15 heavy (non-hydrogen) atoms. The van der Waals surface area contributed by atoms with Gasteiger partial charge < -0.3 is 9.72 Å². The number of hydrogen-bond acceptors (Lipinski definition) is 4. The molecule has 0 spiro atoms. The number of thioether (sulfide) groups is 1. The Morgan fingerprint density at radius 1 is 1.60 bits per heavy atom. The molecule has 5 heteroatoms. The zero-order chi connectivity index (χ0) is 10.8. The molecule has 1 aromatic heterocycles. The van der Waals surface area contributed by atoms with E-state index >= 15 is 0 Å². The zero-order valence-electron chi connectivity index (χ0n) is 8.87. The van der Waals surface area contributed by atoms with E-state index in [1.807, 2.05) is 6.92 Å². The van der Waals surface area contributed by atoms with Crippen LogP contribution in [0.1, 0.15) is 24.0 Å². The first-order valence-corrected chi connectivity index (χ1v) is 6.07. The molecule has 82 valence electrons. The topological polar surface area (TPSA) is 55.0 Å². The highest BCUT2D eigenvalue weighted by Crippen LogP contribution is 2.25. The Kier molecular flexibility index (Phi) is 3.11. The normalized spacial score (nSPS) is 16.4. The quantitative estimate of drug-likeness (QED) is 0.838. The number of aromatic amines is 1. The molecule has 1 N–H and O–H groups in total. The lowest BCUT2D eigenvalue weighted by atomic mass is 10.2. The van der Waals surface area contributed by atoms with Crippen molar-refractivity contribution in [3.05, 3.63) is 27.4 Å². The van der Waals surface area contributed by atoms with Gasteiger partial charge in [-0.05, 0) is 6.92 Å². The van der Waals surface area contributed by atoms with Gasteiger partial charge in [0.05, 0.1) is 11.8 Å². The Labute approximate surface area is 92.5 Å². The van der Waals surface area contributed by atoms with E-state index in [-0.39, 0.29) is 11.7 Å². The summed E-state index contributed by atoms with van der Waals surface area (Å²) in [4.78, 5) is 18.9. The van der Waals surface area contributed by atoms with Crippen LogP contribution in [0.15, 0.2) is 4.79 Å². The number of methoxy groups -OCH3 is 1. The van der Waals surface area contributed by atoms with Gasteiger partial charge in [0, 0.05) is 30.6 Å². The van der Waals surface area contributed by atoms with Crippen molar-refractivity contribution in [1.29, 1.82) is 0 Å². The summed E-state index contributed by atoms with van der Waals surface area (Å²) in [6, 6.07) is 0. The molecule has 1 atom stereocenters. The van der Waals surface area contributed by atoms with Crippen molar-refractivity contribution in [1.82, 2.24) is 9.97 Å². The fraction of sp³-hybridized carbons (Fsp3) is 0.600. The highest BCUT2D eigenvalue weighted by Gasteiger charge is 2.18. The number of nitrogens with one attached hydrogen (secondary N) is 1. The lowest BCUT2D eigenvalue weighted by Gasteiger charge is -2.09. The molecule has 1 aromatic rings. The highest BCUT2D eigenvalue weighted by atomic mass is 32.2. The Bertz CT molecular complexity index is 416. The first-order valence-electron chi connectivity index (χ1n) is 4.92. The number of nitrogens with zero attached hydrogens (tertiary/aromatic N) is 1. The van der Waals surface area contributed by atoms with E-state index in [1.54, 1.807) is 18.9 Å². The smallest absolute Gasteiger partial charge is 0.255 e. The SMILES string of the molecule is COC(C)Cc1nc2c(c(=O)[nH]1)CSC2. The number of rotatable bonds is 3. The molecule has 1 aliphatic heterocycles. The number of ether oxygens (including phenoxy) is 1. The summed E-state index contributed by atoms with van der Waals surface area (Å²) in [7, 11) is 1.66. The van der Waals surface area contributed by atoms with Gasteiger partial charge in [0.25, 0.3) is 5.56 Å². The molecular formula is C10H14N2O2S. The number of fused-ring (bicyclic) bond motifs is 1. The van der Waals surface area contributed by atoms with Crippen LogP contribution >= 0.6 is 11.8 Å². The van der Waals surface area contributed by atoms with Gasteiger partial charge in [0.2, 0.25) is 0 Å². The Balaban J connectivity index is 2.28. The molecular weight excluding hydrogens is 212 g/mol. The standard InChI is InChI=1S/C10H14N2O2S/c1-6(14-2)3-9-11-8-5-15-4-7(8)10(13)12-9/h6H,3-5H2,1-2H3,(H,11,12,13). The molecule has 0 fully saturated rings. The van der Waals surface area contributed by atoms with Crippen molar-refractivity contribution in [3.63, 3.8) is 0 Å². The molecule has 0 saturated carbocycles. The summed E-state index contributed by atoms with van der Waals surface area (Å²) in [5, 5.41) is 0. The predicted octanol–water partition coefficient (Wildman–Crippen LogP) is 1.09. The van der Waals surface area contributed by atoms with Crippen LogP contribution in [0.3, 0.4) is 0 Å². The highest BCUT2D eigenvalue weighted by molar-refractivity contribution is 7.98. The summed E-state index contributed by atoms with van der Waals surface area (Å²) in [6.07, 6.45) is 0.740. The largest absolute Gasteiger partial charge is 0.381 e. The van der Waals surface area contributed by atoms with Crippen LogP contribution in [-0.2, 0) is 22.7 Å². The average molecular weight is 226 g/mol. The Hall–Kier alpha value is -0.810. The minimum Gasteiger partial charge on any atom is -0.381 e. The van der Waals surface area contributed by atoms with E-state index < -0.39 is 0 Å². The maximum atomic E-state index is 11.7. The van der Waals surface area contributed by atoms with Gasteiger partial charge in [-0.15, -0.1) is 0 Å². The van der Waals surface area contributed by atoms with Crippen LogP contribution < -0.4 is 5.56 Å². The maximum Gasteiger partial charge on any atom is 0.255 e. The van der Waals surface area contributed by atoms with Crippen LogP contribution in [0.25, 0.3) is 0 Å². The molecule has 0 bridgehead atoms. The molecule has 0 amide bonds. The van der Waals surface area contributed by atoms with E-state index in [2.05, 4.69) is 9.97 Å². The molecule has 0 radical (unpaired) electrons. The summed E-state index contributed by atoms with van der Waals surface area (Å²) in [5.74, 6) is 2.38. The maximum absolute atomic E-state index is 11.7. The Morgan fingerprint density at radius 3 is 3.13 bits per heavy atom. The van der Waals surface area contributed by atoms with Crippen LogP contribution in [0.5, 0.6) is 0 Å². The van der Waals surface area contributed by atoms with E-state index in [0.717, 1.165) is 28.6 Å². The van der Waals surface area contributed by atoms with Crippen LogP contribution in [0.2, 0.25) is 0 Å². The minimum atomic E-state index is 0.0169. The van der Waals surface area contributed by atoms with Gasteiger partial charge in [0.1, 0.15) is 5.82 Å². The van der Waals surface area contributed by atoms with Crippen molar-refractivity contribution in [2.75, 3.05) is 7.11 Å². The molecule has 1 aliphatic rings. The lowest BCUT2D eigenvalue weighted by molar-refractivity contribution is 0.117. The summed E-state index contributed by atoms with van der Waals surface area (Å²) in [5.41, 5.74) is 1.80. The van der Waals surface area contributed by atoms with Gasteiger partial charge in [-0.3, -0.25) is 4.79 Å². The molecule has 1 unspecified atom stereocenters. The minimum absolute atomic E-state index is 0.0169. The lowest BCUT2D eigenvalue weighted by Crippen LogP contribution is -2.20. The zero-order valence-corrected chi connectivity index (χ0v) is 9.69. The monoisotopic (exact) mass is 226 g/mol. The van der Waals surface area contributed by atoms with Gasteiger partial charge in [0.15, 0.2) is 0 Å². The molecule has 0 aliphatic carbocycles. The van der Waals surface area contributed by atoms with Gasteiger partial charge in [-0.1, -0.05) is 0 Å². The molecule has 2 heterocycles. The van der Waals surface area contributed by atoms with Crippen molar-refractivity contribution in [3.8, 4) is 0 Å². The summed E-state index contributed by atoms with van der Waals surface area (Å²) in [6.45, 7) is 1.96. The second-order valence-electron chi connectivity index (χ2n) is 3.68. The number of H-pyrrole nitrogens is 1. The number of aromatic nitrogens is 2. The summed E-state index contributed by atoms with van der Waals surface area (Å²) >= 11 is 1.74. The van der Waals surface area contributed by atoms with E-state index in [9.17, 15) is 4.79 Å². The van der Waals surface area contributed by atoms with E-state index in [4.69, 9.17) is 4.74 Å². The van der Waals surface area contributed by atoms with Gasteiger partial charge >= 0.3 is 0 Å². The van der Waals surface area contributed by atoms with Crippen LogP contribution in [0, 0.1) is 0 Å². The average Bonchev–Trinajstić information content (AvgIpc) is 2.66. The molecule has 4 nitrogen and oxygen atoms in total. The van der Waals surface area contributed by atoms with Crippen molar-refractivity contribution < 1.29 is 4.74 Å². The van der Waals surface area contributed by atoms with Crippen molar-refractivity contribution in [2.45, 2.75) is 31.0 Å². The molecule has 2 rings (SSSR count). The third kappa shape index (κ3) is 2.23. The predicted molar refractivity (Wildman–Crippen MR) is 60.0 cm³/mol. The van der Waals surface area contributed by atoms with Crippen LogP contribution in [-0.4, -0.2) is 23.2 Å².